The van der Waals surface area contributed by atoms with Gasteiger partial charge in [-0.15, -0.1) is 0 Å². The predicted molar refractivity (Wildman–Crippen MR) is 53.5 cm³/mol. The Bertz CT molecular complexity index is 306. The zero-order chi connectivity index (χ0) is 10.6. The lowest BCUT2D eigenvalue weighted by atomic mass is 10.3. The van der Waals surface area contributed by atoms with Crippen LogP contribution in [-0.2, 0) is 11.3 Å². The van der Waals surface area contributed by atoms with Gasteiger partial charge in [0.1, 0.15) is 0 Å². The highest BCUT2D eigenvalue weighted by molar-refractivity contribution is 5.72. The second kappa shape index (κ2) is 4.76. The molecule has 0 fully saturated rings. The van der Waals surface area contributed by atoms with Crippen LogP contribution >= 0.6 is 0 Å². The number of rotatable bonds is 4. The molecule has 1 aromatic rings. The zero-order valence-electron chi connectivity index (χ0n) is 8.53. The van der Waals surface area contributed by atoms with Crippen LogP contribution < -0.4 is 11.1 Å². The van der Waals surface area contributed by atoms with Crippen molar-refractivity contribution in [3.8, 4) is 0 Å². The van der Waals surface area contributed by atoms with E-state index in [0.29, 0.717) is 13.1 Å². The summed E-state index contributed by atoms with van der Waals surface area (Å²) in [5.74, 6) is -0.0209. The third kappa shape index (κ3) is 2.85. The molecule has 0 saturated heterocycles. The summed E-state index contributed by atoms with van der Waals surface area (Å²) in [6.45, 7) is 4.72. The van der Waals surface area contributed by atoms with Crippen molar-refractivity contribution in [3.63, 3.8) is 0 Å². The van der Waals surface area contributed by atoms with Gasteiger partial charge in [-0.05, 0) is 6.92 Å². The van der Waals surface area contributed by atoms with Gasteiger partial charge >= 0.3 is 0 Å². The van der Waals surface area contributed by atoms with Crippen LogP contribution in [0.25, 0.3) is 0 Å². The Balaban J connectivity index is 2.50. The fourth-order valence-corrected chi connectivity index (χ4v) is 1.25. The molecule has 5 nitrogen and oxygen atoms in total. The van der Waals surface area contributed by atoms with Gasteiger partial charge in [-0.3, -0.25) is 4.79 Å². The van der Waals surface area contributed by atoms with Crippen molar-refractivity contribution in [2.24, 2.45) is 5.73 Å². The summed E-state index contributed by atoms with van der Waals surface area (Å²) < 4.78 is 1.95. The molecule has 78 valence electrons. The number of carbonyl (C=O) groups is 1. The minimum atomic E-state index is -0.0326. The first-order valence-electron chi connectivity index (χ1n) is 4.61. The summed E-state index contributed by atoms with van der Waals surface area (Å²) in [5.41, 5.74) is 6.72. The first-order chi connectivity index (χ1) is 6.61. The maximum Gasteiger partial charge on any atom is 0.216 e. The monoisotopic (exact) mass is 196 g/mol. The molecule has 1 heterocycles. The molecular weight excluding hydrogens is 180 g/mol. The molecule has 1 atom stereocenters. The number of nitrogens with zero attached hydrogens (tertiary/aromatic N) is 2. The minimum absolute atomic E-state index is 0.0209. The fraction of sp³-hybridized carbons (Fsp3) is 0.556. The van der Waals surface area contributed by atoms with E-state index in [-0.39, 0.29) is 11.9 Å². The van der Waals surface area contributed by atoms with Gasteiger partial charge in [0.2, 0.25) is 5.91 Å². The number of nitrogens with one attached hydrogen (secondary N) is 1. The minimum Gasteiger partial charge on any atom is -0.355 e. The Morgan fingerprint density at radius 3 is 3.07 bits per heavy atom. The second-order valence-electron chi connectivity index (χ2n) is 3.28. The van der Waals surface area contributed by atoms with Crippen molar-refractivity contribution >= 4 is 5.91 Å². The molecule has 0 saturated carbocycles. The first kappa shape index (κ1) is 10.7. The Morgan fingerprint density at radius 1 is 1.79 bits per heavy atom. The number of carbonyl (C=O) groups excluding carboxylic acids is 1. The number of aromatic nitrogens is 2. The maximum atomic E-state index is 10.6. The van der Waals surface area contributed by atoms with E-state index in [1.54, 1.807) is 12.5 Å². The molecule has 5 heteroatoms. The van der Waals surface area contributed by atoms with Crippen LogP contribution in [-0.4, -0.2) is 22.0 Å². The lowest BCUT2D eigenvalue weighted by molar-refractivity contribution is -0.118. The zero-order valence-corrected chi connectivity index (χ0v) is 8.53. The average Bonchev–Trinajstić information content (AvgIpc) is 2.51. The van der Waals surface area contributed by atoms with Gasteiger partial charge < -0.3 is 15.6 Å². The standard InChI is InChI=1S/C9H16N4O/c1-7(10)9-5-11-6-13(9)4-3-12-8(2)14/h5-7H,3-4,10H2,1-2H3,(H,12,14). The largest absolute Gasteiger partial charge is 0.355 e. The van der Waals surface area contributed by atoms with E-state index in [2.05, 4.69) is 10.3 Å². The lowest BCUT2D eigenvalue weighted by Crippen LogP contribution is -2.25. The molecule has 0 aliphatic carbocycles. The molecule has 0 spiro atoms. The summed E-state index contributed by atoms with van der Waals surface area (Å²) in [4.78, 5) is 14.6. The van der Waals surface area contributed by atoms with Gasteiger partial charge in [0, 0.05) is 32.3 Å². The molecule has 1 aromatic heterocycles. The van der Waals surface area contributed by atoms with E-state index in [1.807, 2.05) is 11.5 Å². The highest BCUT2D eigenvalue weighted by Crippen LogP contribution is 2.07. The Labute approximate surface area is 83.3 Å². The summed E-state index contributed by atoms with van der Waals surface area (Å²) in [7, 11) is 0. The van der Waals surface area contributed by atoms with Crippen molar-refractivity contribution < 1.29 is 4.79 Å². The smallest absolute Gasteiger partial charge is 0.216 e. The predicted octanol–water partition coefficient (Wildman–Crippen LogP) is 0.0389. The number of hydrogen-bond donors (Lipinski definition) is 2. The highest BCUT2D eigenvalue weighted by Gasteiger charge is 2.05. The van der Waals surface area contributed by atoms with Gasteiger partial charge in [-0.1, -0.05) is 0 Å². The van der Waals surface area contributed by atoms with Gasteiger partial charge in [0.15, 0.2) is 0 Å². The Morgan fingerprint density at radius 2 is 2.50 bits per heavy atom. The van der Waals surface area contributed by atoms with E-state index in [1.165, 1.54) is 6.92 Å². The van der Waals surface area contributed by atoms with Crippen LogP contribution in [0.5, 0.6) is 0 Å². The highest BCUT2D eigenvalue weighted by atomic mass is 16.1. The molecule has 0 radical (unpaired) electrons. The third-order valence-electron chi connectivity index (χ3n) is 1.94. The van der Waals surface area contributed by atoms with Crippen LogP contribution in [0.15, 0.2) is 12.5 Å². The topological polar surface area (TPSA) is 72.9 Å². The number of hydrogen-bond acceptors (Lipinski definition) is 3. The molecule has 0 aliphatic heterocycles. The van der Waals surface area contributed by atoms with Crippen molar-refractivity contribution in [2.75, 3.05) is 6.54 Å². The lowest BCUT2D eigenvalue weighted by Gasteiger charge is -2.10. The first-order valence-corrected chi connectivity index (χ1v) is 4.61. The summed E-state index contributed by atoms with van der Waals surface area (Å²) in [6.07, 6.45) is 3.47. The van der Waals surface area contributed by atoms with Crippen LogP contribution in [0.3, 0.4) is 0 Å². The van der Waals surface area contributed by atoms with Gasteiger partial charge in [-0.25, -0.2) is 4.98 Å². The van der Waals surface area contributed by atoms with Crippen LogP contribution in [0.4, 0.5) is 0 Å². The van der Waals surface area contributed by atoms with Crippen LogP contribution in [0, 0.1) is 0 Å². The van der Waals surface area contributed by atoms with E-state index in [0.717, 1.165) is 5.69 Å². The van der Waals surface area contributed by atoms with Crippen LogP contribution in [0.1, 0.15) is 25.6 Å². The van der Waals surface area contributed by atoms with Crippen molar-refractivity contribution in [1.82, 2.24) is 14.9 Å². The summed E-state index contributed by atoms with van der Waals surface area (Å²) >= 11 is 0. The molecule has 1 rings (SSSR count). The molecule has 0 aliphatic rings. The fourth-order valence-electron chi connectivity index (χ4n) is 1.25. The number of nitrogens with two attached hydrogens (primary N) is 1. The summed E-state index contributed by atoms with van der Waals surface area (Å²) in [5, 5.41) is 2.72. The Kier molecular flexibility index (Phi) is 3.64. The normalized spacial score (nSPS) is 12.5. The van der Waals surface area contributed by atoms with Gasteiger partial charge in [0.05, 0.1) is 12.0 Å². The molecule has 0 aromatic carbocycles. The van der Waals surface area contributed by atoms with Gasteiger partial charge in [-0.2, -0.15) is 0 Å². The second-order valence-corrected chi connectivity index (χ2v) is 3.28. The van der Waals surface area contributed by atoms with Crippen molar-refractivity contribution in [2.45, 2.75) is 26.4 Å². The molecule has 3 N–H and O–H groups in total. The third-order valence-corrected chi connectivity index (χ3v) is 1.94. The van der Waals surface area contributed by atoms with E-state index >= 15 is 0 Å². The average molecular weight is 196 g/mol. The van der Waals surface area contributed by atoms with Crippen LogP contribution in [0.2, 0.25) is 0 Å². The van der Waals surface area contributed by atoms with E-state index < -0.39 is 0 Å². The quantitative estimate of drug-likeness (QED) is 0.714. The number of amides is 1. The molecule has 14 heavy (non-hydrogen) atoms. The van der Waals surface area contributed by atoms with Crippen molar-refractivity contribution in [1.29, 1.82) is 0 Å². The molecular formula is C9H16N4O. The molecule has 0 bridgehead atoms. The van der Waals surface area contributed by atoms with Gasteiger partial charge in [0.25, 0.3) is 0 Å². The molecule has 1 unspecified atom stereocenters. The molecule has 1 amide bonds. The Hall–Kier alpha value is -1.36. The van der Waals surface area contributed by atoms with E-state index in [9.17, 15) is 4.79 Å². The number of imidazole rings is 1. The summed E-state index contributed by atoms with van der Waals surface area (Å²) in [6, 6.07) is -0.0326. The van der Waals surface area contributed by atoms with Crippen molar-refractivity contribution in [3.05, 3.63) is 18.2 Å². The van der Waals surface area contributed by atoms with E-state index in [4.69, 9.17) is 5.73 Å². The SMILES string of the molecule is CC(=O)NCCn1cncc1C(C)N. The maximum absolute atomic E-state index is 10.6.